The van der Waals surface area contributed by atoms with Crippen LogP contribution in [0.25, 0.3) is 0 Å². The third-order valence-electron chi connectivity index (χ3n) is 3.38. The summed E-state index contributed by atoms with van der Waals surface area (Å²) in [4.78, 5) is 22.9. The number of nitrogens with zero attached hydrogens (tertiary/aromatic N) is 1. The van der Waals surface area contributed by atoms with Gasteiger partial charge < -0.3 is 15.2 Å². The number of amides is 1. The summed E-state index contributed by atoms with van der Waals surface area (Å²) in [6.07, 6.45) is 2.57. The minimum atomic E-state index is -1.14. The molecule has 1 aliphatic carbocycles. The van der Waals surface area contributed by atoms with Crippen LogP contribution in [0.3, 0.4) is 0 Å². The zero-order chi connectivity index (χ0) is 15.4. The number of rotatable bonds is 4. The van der Waals surface area contributed by atoms with Gasteiger partial charge >= 0.3 is 12.1 Å². The zero-order valence-electron chi connectivity index (χ0n) is 12.2. The highest BCUT2D eigenvalue weighted by Gasteiger charge is 2.39. The monoisotopic (exact) mass is 282 g/mol. The Hall–Kier alpha value is -1.77. The number of nitrogens with one attached hydrogen (secondary N) is 1. The fourth-order valence-electron chi connectivity index (χ4n) is 2.45. The number of ether oxygens (including phenoxy) is 1. The minimum absolute atomic E-state index is 0.123. The Labute approximate surface area is 119 Å². The molecule has 20 heavy (non-hydrogen) atoms. The van der Waals surface area contributed by atoms with Gasteiger partial charge in [0, 0.05) is 0 Å². The largest absolute Gasteiger partial charge is 0.480 e. The number of carboxylic acids is 1. The Balaban J connectivity index is 2.68. The lowest BCUT2D eigenvalue weighted by Crippen LogP contribution is -2.45. The molecule has 0 saturated heterocycles. The standard InChI is InChI=1S/C14H22N2O4/c1-13(2,3)20-12(19)16-10(11(17)18)8-14(9-15)6-4-5-7-14/h10H,4-8H2,1-3H3,(H,16,19)(H,17,18). The highest BCUT2D eigenvalue weighted by molar-refractivity contribution is 5.80. The van der Waals surface area contributed by atoms with Crippen LogP contribution in [0.5, 0.6) is 0 Å². The first-order valence-corrected chi connectivity index (χ1v) is 6.81. The summed E-state index contributed by atoms with van der Waals surface area (Å²) in [5.41, 5.74) is -1.33. The first-order valence-electron chi connectivity index (χ1n) is 6.81. The molecule has 6 nitrogen and oxygen atoms in total. The van der Waals surface area contributed by atoms with E-state index in [0.717, 1.165) is 12.8 Å². The Morgan fingerprint density at radius 2 is 1.95 bits per heavy atom. The molecule has 1 fully saturated rings. The molecule has 0 spiro atoms. The highest BCUT2D eigenvalue weighted by Crippen LogP contribution is 2.41. The van der Waals surface area contributed by atoms with Gasteiger partial charge in [0.15, 0.2) is 0 Å². The molecule has 1 unspecified atom stereocenters. The van der Waals surface area contributed by atoms with Crippen molar-refractivity contribution >= 4 is 12.1 Å². The van der Waals surface area contributed by atoms with Gasteiger partial charge in [-0.1, -0.05) is 12.8 Å². The zero-order valence-corrected chi connectivity index (χ0v) is 12.2. The summed E-state index contributed by atoms with van der Waals surface area (Å²) >= 11 is 0. The van der Waals surface area contributed by atoms with Gasteiger partial charge in [-0.2, -0.15) is 5.26 Å². The third kappa shape index (κ3) is 4.72. The molecule has 0 aromatic rings. The number of aliphatic carboxylic acids is 1. The second kappa shape index (κ2) is 6.12. The molecule has 1 aliphatic rings. The van der Waals surface area contributed by atoms with Crippen LogP contribution in [0.15, 0.2) is 0 Å². The van der Waals surface area contributed by atoms with Crippen molar-refractivity contribution in [1.82, 2.24) is 5.32 Å². The maximum atomic E-state index is 11.7. The molecule has 1 rings (SSSR count). The summed E-state index contributed by atoms with van der Waals surface area (Å²) in [6.45, 7) is 5.11. The lowest BCUT2D eigenvalue weighted by molar-refractivity contribution is -0.140. The Bertz CT molecular complexity index is 414. The van der Waals surface area contributed by atoms with Gasteiger partial charge in [-0.25, -0.2) is 9.59 Å². The lowest BCUT2D eigenvalue weighted by atomic mass is 9.81. The van der Waals surface area contributed by atoms with Crippen LogP contribution in [0.2, 0.25) is 0 Å². The lowest BCUT2D eigenvalue weighted by Gasteiger charge is -2.26. The first-order chi connectivity index (χ1) is 9.17. The number of nitriles is 1. The van der Waals surface area contributed by atoms with Crippen LogP contribution < -0.4 is 5.32 Å². The summed E-state index contributed by atoms with van der Waals surface area (Å²) in [6, 6.07) is 1.13. The SMILES string of the molecule is CC(C)(C)OC(=O)NC(CC1(C#N)CCCC1)C(=O)O. The second-order valence-electron chi connectivity index (χ2n) is 6.34. The van der Waals surface area contributed by atoms with E-state index in [1.165, 1.54) is 0 Å². The van der Waals surface area contributed by atoms with Crippen molar-refractivity contribution in [2.45, 2.75) is 64.5 Å². The predicted octanol–water partition coefficient (Wildman–Crippen LogP) is 2.44. The Morgan fingerprint density at radius 3 is 2.35 bits per heavy atom. The van der Waals surface area contributed by atoms with E-state index >= 15 is 0 Å². The molecule has 112 valence electrons. The summed E-state index contributed by atoms with van der Waals surface area (Å²) in [7, 11) is 0. The van der Waals surface area contributed by atoms with Crippen molar-refractivity contribution in [2.75, 3.05) is 0 Å². The van der Waals surface area contributed by atoms with E-state index in [1.54, 1.807) is 20.8 Å². The number of carboxylic acid groups (broad SMARTS) is 1. The van der Waals surface area contributed by atoms with Crippen molar-refractivity contribution in [3.63, 3.8) is 0 Å². The molecule has 0 bridgehead atoms. The molecule has 0 aromatic heterocycles. The van der Waals surface area contributed by atoms with Gasteiger partial charge in [-0.15, -0.1) is 0 Å². The fraction of sp³-hybridized carbons (Fsp3) is 0.786. The average Bonchev–Trinajstić information content (AvgIpc) is 2.74. The van der Waals surface area contributed by atoms with E-state index in [2.05, 4.69) is 11.4 Å². The first kappa shape index (κ1) is 16.3. The fourth-order valence-corrected chi connectivity index (χ4v) is 2.45. The molecule has 1 saturated carbocycles. The number of carbonyl (C=O) groups excluding carboxylic acids is 1. The number of carbonyl (C=O) groups is 2. The van der Waals surface area contributed by atoms with Crippen LogP contribution in [-0.2, 0) is 9.53 Å². The van der Waals surface area contributed by atoms with Crippen molar-refractivity contribution in [1.29, 1.82) is 5.26 Å². The van der Waals surface area contributed by atoms with Crippen molar-refractivity contribution < 1.29 is 19.4 Å². The van der Waals surface area contributed by atoms with Crippen molar-refractivity contribution in [3.8, 4) is 6.07 Å². The van der Waals surface area contributed by atoms with Crippen LogP contribution in [0, 0.1) is 16.7 Å². The molecule has 0 aliphatic heterocycles. The molecule has 1 amide bonds. The average molecular weight is 282 g/mol. The van der Waals surface area contributed by atoms with Gasteiger partial charge in [-0.3, -0.25) is 0 Å². The summed E-state index contributed by atoms with van der Waals surface area (Å²) in [5, 5.41) is 20.8. The highest BCUT2D eigenvalue weighted by atomic mass is 16.6. The molecule has 0 heterocycles. The van der Waals surface area contributed by atoms with Crippen LogP contribution in [-0.4, -0.2) is 28.8 Å². The van der Waals surface area contributed by atoms with Crippen molar-refractivity contribution in [2.24, 2.45) is 5.41 Å². The van der Waals surface area contributed by atoms with E-state index in [4.69, 9.17) is 4.74 Å². The number of hydrogen-bond acceptors (Lipinski definition) is 4. The number of hydrogen-bond donors (Lipinski definition) is 2. The second-order valence-corrected chi connectivity index (χ2v) is 6.34. The van der Waals surface area contributed by atoms with Gasteiger partial charge in [0.2, 0.25) is 0 Å². The maximum Gasteiger partial charge on any atom is 0.408 e. The molecule has 0 aromatic carbocycles. The Kier molecular flexibility index (Phi) is 4.98. The molecule has 1 atom stereocenters. The number of alkyl carbamates (subject to hydrolysis) is 1. The van der Waals surface area contributed by atoms with Crippen LogP contribution in [0.4, 0.5) is 4.79 Å². The molecule has 6 heteroatoms. The Morgan fingerprint density at radius 1 is 1.40 bits per heavy atom. The van der Waals surface area contributed by atoms with E-state index < -0.39 is 29.1 Å². The predicted molar refractivity (Wildman–Crippen MR) is 71.9 cm³/mol. The van der Waals surface area contributed by atoms with Crippen molar-refractivity contribution in [3.05, 3.63) is 0 Å². The quantitative estimate of drug-likeness (QED) is 0.825. The maximum absolute atomic E-state index is 11.7. The van der Waals surface area contributed by atoms with E-state index in [1.807, 2.05) is 0 Å². The van der Waals surface area contributed by atoms with Gasteiger partial charge in [0.25, 0.3) is 0 Å². The topological polar surface area (TPSA) is 99.4 Å². The molecule has 2 N–H and O–H groups in total. The van der Waals surface area contributed by atoms with Gasteiger partial charge in [0.05, 0.1) is 11.5 Å². The molecule has 0 radical (unpaired) electrons. The summed E-state index contributed by atoms with van der Waals surface area (Å²) in [5.74, 6) is -1.14. The van der Waals surface area contributed by atoms with Gasteiger partial charge in [0.1, 0.15) is 11.6 Å². The summed E-state index contributed by atoms with van der Waals surface area (Å²) < 4.78 is 5.05. The van der Waals surface area contributed by atoms with Gasteiger partial charge in [-0.05, 0) is 40.0 Å². The minimum Gasteiger partial charge on any atom is -0.480 e. The normalized spacial score (nSPS) is 18.9. The molecular formula is C14H22N2O4. The van der Waals surface area contributed by atoms with E-state index in [0.29, 0.717) is 12.8 Å². The van der Waals surface area contributed by atoms with E-state index in [9.17, 15) is 20.0 Å². The van der Waals surface area contributed by atoms with E-state index in [-0.39, 0.29) is 6.42 Å². The molecular weight excluding hydrogens is 260 g/mol. The van der Waals surface area contributed by atoms with Crippen LogP contribution in [0.1, 0.15) is 52.9 Å². The smallest absolute Gasteiger partial charge is 0.408 e. The van der Waals surface area contributed by atoms with Crippen LogP contribution >= 0.6 is 0 Å². The third-order valence-corrected chi connectivity index (χ3v) is 3.38.